The molecular weight excluding hydrogens is 470 g/mol. The summed E-state index contributed by atoms with van der Waals surface area (Å²) in [5, 5.41) is 6.10. The number of ether oxygens (including phenoxy) is 1. The Morgan fingerprint density at radius 3 is 2.29 bits per heavy atom. The van der Waals surface area contributed by atoms with E-state index in [-0.39, 0.29) is 12.5 Å². The van der Waals surface area contributed by atoms with Gasteiger partial charge in [0.05, 0.1) is 13.7 Å². The molecule has 0 unspecified atom stereocenters. The molecule has 0 bridgehead atoms. The average molecular weight is 498 g/mol. The Hall–Kier alpha value is -2.71. The smallest absolute Gasteiger partial charge is 0.341 e. The Kier molecular flexibility index (Phi) is 8.00. The van der Waals surface area contributed by atoms with Gasteiger partial charge in [0.2, 0.25) is 5.91 Å². The molecule has 1 amide bonds. The van der Waals surface area contributed by atoms with Gasteiger partial charge in [-0.05, 0) is 30.2 Å². The number of hydrogen-bond acceptors (Lipinski definition) is 6. The van der Waals surface area contributed by atoms with E-state index in [9.17, 15) is 9.59 Å². The first-order chi connectivity index (χ1) is 16.4. The number of nitrogens with one attached hydrogen (secondary N) is 1. The van der Waals surface area contributed by atoms with Crippen molar-refractivity contribution >= 4 is 39.8 Å². The number of carbonyl (C=O) groups excluding carboxylic acids is 2. The molecule has 2 heterocycles. The number of benzene rings is 2. The predicted octanol–water partition coefficient (Wildman–Crippen LogP) is 4.92. The molecule has 34 heavy (non-hydrogen) atoms. The molecule has 6 nitrogen and oxygen atoms in total. The fourth-order valence-electron chi connectivity index (χ4n) is 4.02. The molecule has 0 atom stereocenters. The SMILES string of the molecule is COC(=O)c1c(-c2ccc(C)cc2)csc1NC(=O)CN1CCN(Cc2ccc(Cl)cc2)CC1. The zero-order chi connectivity index (χ0) is 24.1. The Morgan fingerprint density at radius 1 is 1.00 bits per heavy atom. The second-order valence-corrected chi connectivity index (χ2v) is 9.75. The van der Waals surface area contributed by atoms with Gasteiger partial charge in [-0.15, -0.1) is 11.3 Å². The van der Waals surface area contributed by atoms with Crippen LogP contribution in [0, 0.1) is 6.92 Å². The molecule has 3 aromatic rings. The molecule has 1 fully saturated rings. The van der Waals surface area contributed by atoms with Gasteiger partial charge in [-0.25, -0.2) is 4.79 Å². The topological polar surface area (TPSA) is 61.9 Å². The van der Waals surface area contributed by atoms with E-state index in [1.54, 1.807) is 0 Å². The Morgan fingerprint density at radius 2 is 1.65 bits per heavy atom. The summed E-state index contributed by atoms with van der Waals surface area (Å²) in [7, 11) is 1.36. The molecule has 2 aromatic carbocycles. The van der Waals surface area contributed by atoms with E-state index in [2.05, 4.69) is 15.1 Å². The lowest BCUT2D eigenvalue weighted by molar-refractivity contribution is -0.117. The van der Waals surface area contributed by atoms with E-state index in [0.717, 1.165) is 54.4 Å². The number of rotatable bonds is 7. The van der Waals surface area contributed by atoms with Gasteiger partial charge in [0, 0.05) is 48.7 Å². The van der Waals surface area contributed by atoms with E-state index < -0.39 is 5.97 Å². The van der Waals surface area contributed by atoms with Crippen molar-refractivity contribution in [2.24, 2.45) is 0 Å². The molecule has 0 saturated carbocycles. The number of methoxy groups -OCH3 is 1. The normalized spacial score (nSPS) is 14.7. The number of carbonyl (C=O) groups is 2. The summed E-state index contributed by atoms with van der Waals surface area (Å²) >= 11 is 7.31. The minimum atomic E-state index is -0.456. The summed E-state index contributed by atoms with van der Waals surface area (Å²) in [6, 6.07) is 15.9. The number of halogens is 1. The van der Waals surface area contributed by atoms with Gasteiger partial charge in [-0.1, -0.05) is 53.6 Å². The van der Waals surface area contributed by atoms with Gasteiger partial charge in [0.25, 0.3) is 0 Å². The maximum Gasteiger partial charge on any atom is 0.341 e. The van der Waals surface area contributed by atoms with Crippen molar-refractivity contribution in [2.75, 3.05) is 45.2 Å². The predicted molar refractivity (Wildman–Crippen MR) is 138 cm³/mol. The van der Waals surface area contributed by atoms with Crippen LogP contribution in [0.1, 0.15) is 21.5 Å². The quantitative estimate of drug-likeness (QED) is 0.469. The van der Waals surface area contributed by atoms with E-state index in [0.29, 0.717) is 10.6 Å². The number of nitrogens with zero attached hydrogens (tertiary/aromatic N) is 2. The van der Waals surface area contributed by atoms with Crippen LogP contribution in [0.25, 0.3) is 11.1 Å². The van der Waals surface area contributed by atoms with Crippen molar-refractivity contribution in [1.82, 2.24) is 9.80 Å². The molecule has 4 rings (SSSR count). The van der Waals surface area contributed by atoms with E-state index in [1.165, 1.54) is 24.0 Å². The number of esters is 1. The zero-order valence-electron chi connectivity index (χ0n) is 19.3. The first-order valence-corrected chi connectivity index (χ1v) is 12.4. The fourth-order valence-corrected chi connectivity index (χ4v) is 5.12. The van der Waals surface area contributed by atoms with Gasteiger partial charge in [0.15, 0.2) is 0 Å². The third-order valence-electron chi connectivity index (χ3n) is 5.95. The monoisotopic (exact) mass is 497 g/mol. The second-order valence-electron chi connectivity index (χ2n) is 8.44. The van der Waals surface area contributed by atoms with Crippen molar-refractivity contribution in [3.05, 3.63) is 75.6 Å². The number of piperazine rings is 1. The molecule has 178 valence electrons. The highest BCUT2D eigenvalue weighted by Crippen LogP contribution is 2.36. The molecule has 1 saturated heterocycles. The van der Waals surface area contributed by atoms with E-state index >= 15 is 0 Å². The molecule has 0 aliphatic carbocycles. The van der Waals surface area contributed by atoms with Crippen LogP contribution in [0.15, 0.2) is 53.9 Å². The average Bonchev–Trinajstić information content (AvgIpc) is 3.25. The maximum atomic E-state index is 12.8. The summed E-state index contributed by atoms with van der Waals surface area (Å²) in [5.41, 5.74) is 4.45. The highest BCUT2D eigenvalue weighted by Gasteiger charge is 2.24. The molecule has 0 spiro atoms. The van der Waals surface area contributed by atoms with Gasteiger partial charge < -0.3 is 10.1 Å². The number of aryl methyl sites for hydroxylation is 1. The summed E-state index contributed by atoms with van der Waals surface area (Å²) in [4.78, 5) is 29.9. The standard InChI is InChI=1S/C26H28ClN3O3S/c1-18-3-7-20(8-4-18)22-17-34-25(24(22)26(32)33-2)28-23(31)16-30-13-11-29(12-14-30)15-19-5-9-21(27)10-6-19/h3-10,17H,11-16H2,1-2H3,(H,28,31). The number of anilines is 1. The van der Waals surface area contributed by atoms with Crippen molar-refractivity contribution < 1.29 is 14.3 Å². The van der Waals surface area contributed by atoms with E-state index in [1.807, 2.05) is 60.8 Å². The largest absolute Gasteiger partial charge is 0.465 e. The summed E-state index contributed by atoms with van der Waals surface area (Å²) < 4.78 is 5.01. The van der Waals surface area contributed by atoms with E-state index in [4.69, 9.17) is 16.3 Å². The lowest BCUT2D eigenvalue weighted by atomic mass is 10.0. The van der Waals surface area contributed by atoms with Crippen LogP contribution in [0.3, 0.4) is 0 Å². The minimum absolute atomic E-state index is 0.131. The molecular formula is C26H28ClN3O3S. The third-order valence-corrected chi connectivity index (χ3v) is 7.10. The minimum Gasteiger partial charge on any atom is -0.465 e. The van der Waals surface area contributed by atoms with Crippen LogP contribution in [0.2, 0.25) is 5.02 Å². The maximum absolute atomic E-state index is 12.8. The molecule has 8 heteroatoms. The highest BCUT2D eigenvalue weighted by atomic mass is 35.5. The third kappa shape index (κ3) is 6.04. The summed E-state index contributed by atoms with van der Waals surface area (Å²) in [5.74, 6) is -0.587. The molecule has 1 aromatic heterocycles. The lowest BCUT2D eigenvalue weighted by Gasteiger charge is -2.34. The second kappa shape index (κ2) is 11.1. The molecule has 1 N–H and O–H groups in total. The van der Waals surface area contributed by atoms with Gasteiger partial charge in [0.1, 0.15) is 10.6 Å². The highest BCUT2D eigenvalue weighted by molar-refractivity contribution is 7.15. The van der Waals surface area contributed by atoms with Crippen LogP contribution in [0.5, 0.6) is 0 Å². The Bertz CT molecular complexity index is 1140. The number of amides is 1. The first-order valence-electron chi connectivity index (χ1n) is 11.2. The van der Waals surface area contributed by atoms with Crippen molar-refractivity contribution in [2.45, 2.75) is 13.5 Å². The van der Waals surface area contributed by atoms with Gasteiger partial charge in [-0.2, -0.15) is 0 Å². The van der Waals surface area contributed by atoms with Crippen LogP contribution < -0.4 is 5.32 Å². The Labute approximate surface area is 209 Å². The summed E-state index contributed by atoms with van der Waals surface area (Å²) in [6.45, 7) is 6.57. The number of thiophene rings is 1. The Balaban J connectivity index is 1.35. The number of hydrogen-bond donors (Lipinski definition) is 1. The van der Waals surface area contributed by atoms with Gasteiger partial charge >= 0.3 is 5.97 Å². The van der Waals surface area contributed by atoms with Crippen molar-refractivity contribution in [3.63, 3.8) is 0 Å². The van der Waals surface area contributed by atoms with Crippen LogP contribution >= 0.6 is 22.9 Å². The van der Waals surface area contributed by atoms with Crippen LogP contribution in [-0.4, -0.2) is 61.5 Å². The van der Waals surface area contributed by atoms with Crippen molar-refractivity contribution in [3.8, 4) is 11.1 Å². The fraction of sp³-hybridized carbons (Fsp3) is 0.308. The molecule has 0 radical (unpaired) electrons. The molecule has 1 aliphatic heterocycles. The first kappa shape index (κ1) is 24.4. The van der Waals surface area contributed by atoms with Crippen molar-refractivity contribution in [1.29, 1.82) is 0 Å². The molecule has 1 aliphatic rings. The zero-order valence-corrected chi connectivity index (χ0v) is 20.9. The lowest BCUT2D eigenvalue weighted by Crippen LogP contribution is -2.48. The van der Waals surface area contributed by atoms with Gasteiger partial charge in [-0.3, -0.25) is 14.6 Å². The van der Waals surface area contributed by atoms with Crippen LogP contribution in [0.4, 0.5) is 5.00 Å². The summed E-state index contributed by atoms with van der Waals surface area (Å²) in [6.07, 6.45) is 0. The van der Waals surface area contributed by atoms with Crippen LogP contribution in [-0.2, 0) is 16.1 Å².